The Morgan fingerprint density at radius 1 is 1.48 bits per heavy atom. The number of carbonyl (C=O) groups excluding carboxylic acids is 1. The SMILES string of the molecule is CCOC(=O)c1sc(N2CCC[C@@H](C)C2)nc1-c1cnccn1. The molecule has 0 radical (unpaired) electrons. The molecule has 0 saturated carbocycles. The van der Waals surface area contributed by atoms with Crippen LogP contribution >= 0.6 is 11.3 Å². The number of piperidine rings is 1. The number of esters is 1. The summed E-state index contributed by atoms with van der Waals surface area (Å²) in [5, 5.41) is 0.861. The second-order valence-electron chi connectivity index (χ2n) is 5.68. The van der Waals surface area contributed by atoms with E-state index in [9.17, 15) is 4.79 Å². The number of carbonyl (C=O) groups is 1. The Labute approximate surface area is 139 Å². The zero-order valence-corrected chi connectivity index (χ0v) is 14.2. The summed E-state index contributed by atoms with van der Waals surface area (Å²) in [6, 6.07) is 0. The lowest BCUT2D eigenvalue weighted by molar-refractivity contribution is 0.0532. The maximum Gasteiger partial charge on any atom is 0.350 e. The number of rotatable bonds is 4. The summed E-state index contributed by atoms with van der Waals surface area (Å²) in [7, 11) is 0. The van der Waals surface area contributed by atoms with Gasteiger partial charge in [-0.15, -0.1) is 0 Å². The summed E-state index contributed by atoms with van der Waals surface area (Å²) in [4.78, 5) is 28.1. The molecule has 3 heterocycles. The molecule has 7 heteroatoms. The molecular weight excluding hydrogens is 312 g/mol. The third-order valence-corrected chi connectivity index (χ3v) is 4.91. The molecule has 1 fully saturated rings. The van der Waals surface area contributed by atoms with Gasteiger partial charge in [-0.1, -0.05) is 18.3 Å². The number of aromatic nitrogens is 3. The number of anilines is 1. The lowest BCUT2D eigenvalue weighted by Crippen LogP contribution is -2.34. The molecule has 1 atom stereocenters. The summed E-state index contributed by atoms with van der Waals surface area (Å²) in [6.45, 7) is 6.33. The lowest BCUT2D eigenvalue weighted by atomic mass is 10.0. The monoisotopic (exact) mass is 332 g/mol. The van der Waals surface area contributed by atoms with E-state index in [0.717, 1.165) is 24.6 Å². The van der Waals surface area contributed by atoms with Crippen LogP contribution < -0.4 is 4.90 Å². The number of hydrogen-bond donors (Lipinski definition) is 0. The number of hydrogen-bond acceptors (Lipinski definition) is 7. The van der Waals surface area contributed by atoms with Crippen LogP contribution in [0.5, 0.6) is 0 Å². The Morgan fingerprint density at radius 3 is 3.04 bits per heavy atom. The van der Waals surface area contributed by atoms with Gasteiger partial charge in [0.15, 0.2) is 5.13 Å². The molecule has 23 heavy (non-hydrogen) atoms. The van der Waals surface area contributed by atoms with Crippen molar-refractivity contribution in [3.8, 4) is 11.4 Å². The molecule has 0 unspecified atom stereocenters. The highest BCUT2D eigenvalue weighted by molar-refractivity contribution is 7.17. The van der Waals surface area contributed by atoms with Crippen LogP contribution in [-0.2, 0) is 4.74 Å². The number of nitrogens with zero attached hydrogens (tertiary/aromatic N) is 4. The standard InChI is InChI=1S/C16H20N4O2S/c1-3-22-15(21)14-13(12-9-17-6-7-18-12)19-16(23-14)20-8-4-5-11(2)10-20/h6-7,9,11H,3-5,8,10H2,1-2H3/t11-/m1/s1. The fourth-order valence-electron chi connectivity index (χ4n) is 2.74. The normalized spacial score (nSPS) is 18.0. The van der Waals surface area contributed by atoms with Crippen molar-refractivity contribution in [2.75, 3.05) is 24.6 Å². The van der Waals surface area contributed by atoms with Gasteiger partial charge in [0, 0.05) is 25.5 Å². The topological polar surface area (TPSA) is 68.2 Å². The van der Waals surface area contributed by atoms with Crippen molar-refractivity contribution >= 4 is 22.4 Å². The minimum Gasteiger partial charge on any atom is -0.462 e. The largest absolute Gasteiger partial charge is 0.462 e. The zero-order valence-electron chi connectivity index (χ0n) is 13.4. The molecule has 122 valence electrons. The highest BCUT2D eigenvalue weighted by Gasteiger charge is 2.26. The van der Waals surface area contributed by atoms with Crippen LogP contribution in [-0.4, -0.2) is 40.6 Å². The summed E-state index contributed by atoms with van der Waals surface area (Å²) in [6.07, 6.45) is 7.22. The van der Waals surface area contributed by atoms with Gasteiger partial charge in [0.2, 0.25) is 0 Å². The van der Waals surface area contributed by atoms with Gasteiger partial charge in [-0.2, -0.15) is 0 Å². The predicted molar refractivity (Wildman–Crippen MR) is 89.7 cm³/mol. The van der Waals surface area contributed by atoms with E-state index < -0.39 is 0 Å². The third kappa shape index (κ3) is 3.50. The van der Waals surface area contributed by atoms with Crippen molar-refractivity contribution in [1.29, 1.82) is 0 Å². The van der Waals surface area contributed by atoms with Crippen LogP contribution in [0.25, 0.3) is 11.4 Å². The van der Waals surface area contributed by atoms with E-state index in [2.05, 4.69) is 26.8 Å². The quantitative estimate of drug-likeness (QED) is 0.802. The van der Waals surface area contributed by atoms with E-state index in [0.29, 0.717) is 28.8 Å². The number of thiazole rings is 1. The van der Waals surface area contributed by atoms with Gasteiger partial charge < -0.3 is 9.64 Å². The summed E-state index contributed by atoms with van der Waals surface area (Å²) in [5.41, 5.74) is 1.16. The van der Waals surface area contributed by atoms with Crippen LogP contribution in [0, 0.1) is 5.92 Å². The van der Waals surface area contributed by atoms with E-state index in [1.165, 1.54) is 17.8 Å². The van der Waals surface area contributed by atoms with Crippen molar-refractivity contribution in [2.24, 2.45) is 5.92 Å². The van der Waals surface area contributed by atoms with Crippen molar-refractivity contribution in [2.45, 2.75) is 26.7 Å². The molecular formula is C16H20N4O2S. The van der Waals surface area contributed by atoms with Crippen molar-refractivity contribution in [1.82, 2.24) is 15.0 Å². The van der Waals surface area contributed by atoms with E-state index in [4.69, 9.17) is 4.74 Å². The van der Waals surface area contributed by atoms with Crippen molar-refractivity contribution in [3.63, 3.8) is 0 Å². The van der Waals surface area contributed by atoms with Gasteiger partial charge in [0.25, 0.3) is 0 Å². The third-order valence-electron chi connectivity index (χ3n) is 3.81. The van der Waals surface area contributed by atoms with Crippen LogP contribution in [0.3, 0.4) is 0 Å². The van der Waals surface area contributed by atoms with E-state index in [-0.39, 0.29) is 5.97 Å². The Kier molecular flexibility index (Phi) is 4.85. The molecule has 2 aromatic rings. The Hall–Kier alpha value is -2.02. The zero-order chi connectivity index (χ0) is 16.2. The van der Waals surface area contributed by atoms with Crippen molar-refractivity contribution < 1.29 is 9.53 Å². The van der Waals surface area contributed by atoms with Gasteiger partial charge in [0.05, 0.1) is 12.8 Å². The van der Waals surface area contributed by atoms with Gasteiger partial charge in [-0.25, -0.2) is 9.78 Å². The Morgan fingerprint density at radius 2 is 2.35 bits per heavy atom. The smallest absolute Gasteiger partial charge is 0.350 e. The lowest BCUT2D eigenvalue weighted by Gasteiger charge is -2.30. The molecule has 1 aliphatic heterocycles. The summed E-state index contributed by atoms with van der Waals surface area (Å²) < 4.78 is 5.18. The molecule has 0 aliphatic carbocycles. The first-order valence-electron chi connectivity index (χ1n) is 7.88. The second kappa shape index (κ2) is 7.04. The minimum atomic E-state index is -0.345. The Balaban J connectivity index is 1.98. The highest BCUT2D eigenvalue weighted by atomic mass is 32.1. The minimum absolute atomic E-state index is 0.340. The van der Waals surface area contributed by atoms with E-state index in [1.807, 2.05) is 0 Å². The van der Waals surface area contributed by atoms with E-state index in [1.54, 1.807) is 25.5 Å². The van der Waals surface area contributed by atoms with Crippen LogP contribution in [0.15, 0.2) is 18.6 Å². The first-order chi connectivity index (χ1) is 11.2. The highest BCUT2D eigenvalue weighted by Crippen LogP contribution is 2.34. The van der Waals surface area contributed by atoms with Crippen LogP contribution in [0.2, 0.25) is 0 Å². The van der Waals surface area contributed by atoms with E-state index >= 15 is 0 Å². The molecule has 0 N–H and O–H groups in total. The molecule has 0 spiro atoms. The van der Waals surface area contributed by atoms with Gasteiger partial charge in [-0.05, 0) is 25.7 Å². The molecule has 0 bridgehead atoms. The van der Waals surface area contributed by atoms with Gasteiger partial charge in [-0.3, -0.25) is 9.97 Å². The average Bonchev–Trinajstić information content (AvgIpc) is 3.01. The average molecular weight is 332 g/mol. The maximum atomic E-state index is 12.3. The molecule has 6 nitrogen and oxygen atoms in total. The molecule has 0 amide bonds. The first kappa shape index (κ1) is 15.9. The molecule has 0 aromatic carbocycles. The fourth-order valence-corrected chi connectivity index (χ4v) is 3.74. The molecule has 3 rings (SSSR count). The van der Waals surface area contributed by atoms with Crippen LogP contribution in [0.4, 0.5) is 5.13 Å². The van der Waals surface area contributed by atoms with Crippen LogP contribution in [0.1, 0.15) is 36.4 Å². The Bertz CT molecular complexity index is 674. The summed E-state index contributed by atoms with van der Waals surface area (Å²) >= 11 is 1.38. The van der Waals surface area contributed by atoms with Gasteiger partial charge in [0.1, 0.15) is 16.3 Å². The maximum absolute atomic E-state index is 12.3. The first-order valence-corrected chi connectivity index (χ1v) is 8.70. The molecule has 1 saturated heterocycles. The van der Waals surface area contributed by atoms with Gasteiger partial charge >= 0.3 is 5.97 Å². The van der Waals surface area contributed by atoms with Crippen molar-refractivity contribution in [3.05, 3.63) is 23.5 Å². The summed E-state index contributed by atoms with van der Waals surface area (Å²) in [5.74, 6) is 0.292. The number of ether oxygens (including phenoxy) is 1. The fraction of sp³-hybridized carbons (Fsp3) is 0.500. The predicted octanol–water partition coefficient (Wildman–Crippen LogP) is 3.01. The molecule has 2 aromatic heterocycles. The molecule has 1 aliphatic rings. The second-order valence-corrected chi connectivity index (χ2v) is 6.66.